The zero-order valence-corrected chi connectivity index (χ0v) is 32.4. The zero-order valence-electron chi connectivity index (χ0n) is 32.4. The lowest BCUT2D eigenvalue weighted by atomic mass is 9.86. The number of nitriles is 2. The fraction of sp³-hybridized carbons (Fsp3) is 0.154. The molecule has 0 saturated carbocycles. The number of rotatable bonds is 9. The molecular weight excluding hydrogens is 681 g/mol. The smallest absolute Gasteiger partial charge is 0.0766 e. The molecule has 8 rings (SSSR count). The van der Waals surface area contributed by atoms with Gasteiger partial charge in [0.25, 0.3) is 0 Å². The van der Waals surface area contributed by atoms with Crippen LogP contribution >= 0.6 is 0 Å². The van der Waals surface area contributed by atoms with Gasteiger partial charge in [-0.2, -0.15) is 10.5 Å². The van der Waals surface area contributed by atoms with E-state index in [4.69, 9.17) is 0 Å². The van der Waals surface area contributed by atoms with Gasteiger partial charge in [-0.1, -0.05) is 109 Å². The molecule has 0 atom stereocenters. The van der Waals surface area contributed by atoms with Crippen LogP contribution in [0.25, 0.3) is 28.0 Å². The van der Waals surface area contributed by atoms with Crippen molar-refractivity contribution in [2.24, 2.45) is 0 Å². The van der Waals surface area contributed by atoms with Gasteiger partial charge in [-0.15, -0.1) is 0 Å². The average molecular weight is 725 g/mol. The summed E-state index contributed by atoms with van der Waals surface area (Å²) in [4.78, 5) is 4.65. The molecule has 0 bridgehead atoms. The normalized spacial score (nSPS) is 12.4. The molecule has 0 amide bonds. The van der Waals surface area contributed by atoms with E-state index in [2.05, 4.69) is 192 Å². The van der Waals surface area contributed by atoms with E-state index in [-0.39, 0.29) is 0 Å². The summed E-state index contributed by atoms with van der Waals surface area (Å²) < 4.78 is 0. The topological polar surface area (TPSA) is 54.1 Å². The number of hydrogen-bond donors (Lipinski definition) is 0. The lowest BCUT2D eigenvalue weighted by Gasteiger charge is -2.30. The minimum atomic E-state index is -0.575. The van der Waals surface area contributed by atoms with Crippen molar-refractivity contribution < 1.29 is 0 Å². The van der Waals surface area contributed by atoms with Crippen molar-refractivity contribution in [2.45, 2.75) is 51.4 Å². The highest BCUT2D eigenvalue weighted by atomic mass is 15.1. The number of hydrogen-bond acceptors (Lipinski definition) is 4. The predicted molar refractivity (Wildman–Crippen MR) is 233 cm³/mol. The van der Waals surface area contributed by atoms with E-state index < -0.39 is 10.8 Å². The number of anilines is 6. The predicted octanol–water partition coefficient (Wildman–Crippen LogP) is 14.0. The summed E-state index contributed by atoms with van der Waals surface area (Å²) in [6.07, 6.45) is 6.49. The monoisotopic (exact) mass is 724 g/mol. The molecule has 4 nitrogen and oxygen atoms in total. The van der Waals surface area contributed by atoms with E-state index >= 15 is 0 Å². The molecule has 0 N–H and O–H groups in total. The second-order valence-corrected chi connectivity index (χ2v) is 15.6. The third kappa shape index (κ3) is 6.83. The summed E-state index contributed by atoms with van der Waals surface area (Å²) in [6, 6.07) is 60.8. The van der Waals surface area contributed by atoms with Crippen molar-refractivity contribution in [3.05, 3.63) is 186 Å². The Labute approximate surface area is 330 Å². The zero-order chi connectivity index (χ0) is 38.9. The van der Waals surface area contributed by atoms with Gasteiger partial charge in [0.05, 0.1) is 28.7 Å². The first-order valence-corrected chi connectivity index (χ1v) is 19.3. The Morgan fingerprint density at radius 1 is 0.482 bits per heavy atom. The van der Waals surface area contributed by atoms with Crippen molar-refractivity contribution in [3.63, 3.8) is 0 Å². The lowest BCUT2D eigenvalue weighted by Crippen LogP contribution is -2.16. The van der Waals surface area contributed by atoms with Gasteiger partial charge >= 0.3 is 0 Å². The van der Waals surface area contributed by atoms with Crippen molar-refractivity contribution >= 4 is 51.0 Å². The molecule has 0 heterocycles. The maximum Gasteiger partial charge on any atom is 0.0766 e. The first kappa shape index (κ1) is 36.1. The van der Waals surface area contributed by atoms with Gasteiger partial charge in [0.15, 0.2) is 0 Å². The molecular formula is C52H44N4. The molecule has 272 valence electrons. The van der Waals surface area contributed by atoms with E-state index in [9.17, 15) is 10.5 Å². The van der Waals surface area contributed by atoms with Gasteiger partial charge in [0.1, 0.15) is 0 Å². The molecule has 0 fully saturated rings. The largest absolute Gasteiger partial charge is 0.310 e. The van der Waals surface area contributed by atoms with E-state index in [0.717, 1.165) is 63.5 Å². The van der Waals surface area contributed by atoms with E-state index in [1.807, 2.05) is 27.7 Å². The van der Waals surface area contributed by atoms with E-state index in [1.165, 1.54) is 27.6 Å². The van der Waals surface area contributed by atoms with Crippen LogP contribution in [0.1, 0.15) is 56.4 Å². The Morgan fingerprint density at radius 2 is 0.929 bits per heavy atom. The van der Waals surface area contributed by atoms with E-state index in [1.54, 1.807) is 0 Å². The molecule has 0 saturated heterocycles. The SMILES string of the molecule is CC(C)(C#N)c1ccc(N(c2ccc(-c3ccc(N(c4ccc(C(C)(C)C#N)cc4)c4cccc5ccccc45)cc3)cc2)c2cccc3c2CCC=C3)cc1. The highest BCUT2D eigenvalue weighted by molar-refractivity contribution is 5.99. The molecule has 1 aliphatic carbocycles. The summed E-state index contributed by atoms with van der Waals surface area (Å²) in [5, 5.41) is 21.9. The van der Waals surface area contributed by atoms with E-state index in [0.29, 0.717) is 0 Å². The minimum Gasteiger partial charge on any atom is -0.310 e. The first-order valence-electron chi connectivity index (χ1n) is 19.3. The molecule has 0 unspecified atom stereocenters. The number of benzene rings is 7. The molecule has 0 spiro atoms. The highest BCUT2D eigenvalue weighted by Crippen LogP contribution is 2.43. The van der Waals surface area contributed by atoms with Crippen LogP contribution < -0.4 is 9.80 Å². The lowest BCUT2D eigenvalue weighted by molar-refractivity contribution is 0.687. The highest BCUT2D eigenvalue weighted by Gasteiger charge is 2.24. The Morgan fingerprint density at radius 3 is 1.46 bits per heavy atom. The third-order valence-corrected chi connectivity index (χ3v) is 11.1. The maximum atomic E-state index is 9.78. The van der Waals surface area contributed by atoms with Crippen LogP contribution in [0.15, 0.2) is 164 Å². The maximum absolute atomic E-state index is 9.78. The molecule has 0 aromatic heterocycles. The Bertz CT molecular complexity index is 2630. The van der Waals surface area contributed by atoms with Crippen LogP contribution in [0.4, 0.5) is 34.1 Å². The summed E-state index contributed by atoms with van der Waals surface area (Å²) in [6.45, 7) is 7.83. The molecule has 7 aromatic rings. The Balaban J connectivity index is 1.16. The van der Waals surface area contributed by atoms with Crippen LogP contribution in [0, 0.1) is 22.7 Å². The van der Waals surface area contributed by atoms with Gasteiger partial charge < -0.3 is 9.80 Å². The van der Waals surface area contributed by atoms with Gasteiger partial charge in [-0.05, 0) is 140 Å². The number of allylic oxidation sites excluding steroid dienone is 1. The average Bonchev–Trinajstić information content (AvgIpc) is 3.25. The van der Waals surface area contributed by atoms with Crippen LogP contribution in [0.2, 0.25) is 0 Å². The van der Waals surface area contributed by atoms with Crippen LogP contribution in [-0.2, 0) is 17.3 Å². The second-order valence-electron chi connectivity index (χ2n) is 15.6. The molecule has 4 heteroatoms. The molecule has 56 heavy (non-hydrogen) atoms. The summed E-state index contributed by atoms with van der Waals surface area (Å²) in [5.41, 5.74) is 12.2. The molecule has 7 aromatic carbocycles. The third-order valence-electron chi connectivity index (χ3n) is 11.1. The van der Waals surface area contributed by atoms with Gasteiger partial charge in [0, 0.05) is 33.8 Å². The number of nitrogens with zero attached hydrogens (tertiary/aromatic N) is 4. The van der Waals surface area contributed by atoms with Gasteiger partial charge in [-0.3, -0.25) is 0 Å². The van der Waals surface area contributed by atoms with Crippen LogP contribution in [0.3, 0.4) is 0 Å². The number of fused-ring (bicyclic) bond motifs is 2. The van der Waals surface area contributed by atoms with Crippen LogP contribution in [-0.4, -0.2) is 0 Å². The molecule has 0 radical (unpaired) electrons. The minimum absolute atomic E-state index is 0.566. The summed E-state index contributed by atoms with van der Waals surface area (Å²) in [5.74, 6) is 0. The standard InChI is InChI=1S/C52H44N4/c1-51(2,35-53)41-23-31-45(32-24-41)55(49-17-9-13-39-11-5-7-15-47(39)49)43-27-19-37(20-28-43)38-21-29-44(30-22-38)56(46-33-25-42(26-34-46)52(3,4)36-54)50-18-10-14-40-12-6-8-16-48(40)50/h5-7,9-15,17-34H,8,16H2,1-4H3. The Kier molecular flexibility index (Phi) is 9.51. The summed E-state index contributed by atoms with van der Waals surface area (Å²) >= 11 is 0. The van der Waals surface area contributed by atoms with Crippen molar-refractivity contribution in [3.8, 4) is 23.3 Å². The fourth-order valence-electron chi connectivity index (χ4n) is 7.72. The van der Waals surface area contributed by atoms with Crippen molar-refractivity contribution in [1.29, 1.82) is 10.5 Å². The van der Waals surface area contributed by atoms with Gasteiger partial charge in [0.2, 0.25) is 0 Å². The van der Waals surface area contributed by atoms with Crippen molar-refractivity contribution in [1.82, 2.24) is 0 Å². The molecule has 0 aliphatic heterocycles. The van der Waals surface area contributed by atoms with Crippen LogP contribution in [0.5, 0.6) is 0 Å². The quantitative estimate of drug-likeness (QED) is 0.149. The fourth-order valence-corrected chi connectivity index (χ4v) is 7.72. The molecule has 1 aliphatic rings. The van der Waals surface area contributed by atoms with Gasteiger partial charge in [-0.25, -0.2) is 0 Å². The van der Waals surface area contributed by atoms with Crippen molar-refractivity contribution in [2.75, 3.05) is 9.80 Å². The first-order chi connectivity index (χ1) is 27.2. The Hall–Kier alpha value is -6.88. The summed E-state index contributed by atoms with van der Waals surface area (Å²) in [7, 11) is 0. The second kappa shape index (κ2) is 14.7.